The van der Waals surface area contributed by atoms with Crippen LogP contribution < -0.4 is 14.2 Å². The lowest BCUT2D eigenvalue weighted by Gasteiger charge is -2.10. The molecule has 0 saturated carbocycles. The molecule has 204 valence electrons. The van der Waals surface area contributed by atoms with E-state index in [1.54, 1.807) is 31.2 Å². The highest BCUT2D eigenvalue weighted by molar-refractivity contribution is 7.15. The smallest absolute Gasteiger partial charge is 0.486 e. The minimum Gasteiger partial charge on any atom is -0.486 e. The van der Waals surface area contributed by atoms with Crippen LogP contribution in [0, 0.1) is 6.92 Å². The molecule has 1 heterocycles. The second-order valence-corrected chi connectivity index (χ2v) is 9.90. The number of hydrogen-bond acceptors (Lipinski definition) is 6. The first kappa shape index (κ1) is 27.0. The second kappa shape index (κ2) is 11.3. The Bertz CT molecular complexity index is 1680. The number of carboxylic acids is 1. The van der Waals surface area contributed by atoms with Gasteiger partial charge in [0.15, 0.2) is 6.61 Å². The summed E-state index contributed by atoms with van der Waals surface area (Å²) in [6.07, 6.45) is -4.81. The van der Waals surface area contributed by atoms with Crippen molar-refractivity contribution in [2.45, 2.75) is 19.9 Å². The summed E-state index contributed by atoms with van der Waals surface area (Å²) < 4.78 is 54.0. The van der Waals surface area contributed by atoms with Crippen molar-refractivity contribution < 1.29 is 37.3 Å². The molecule has 6 nitrogen and oxygen atoms in total. The van der Waals surface area contributed by atoms with Gasteiger partial charge in [-0.15, -0.1) is 24.5 Å². The quantitative estimate of drug-likeness (QED) is 0.196. The number of hydrogen-bond donors (Lipinski definition) is 1. The third kappa shape index (κ3) is 6.52. The van der Waals surface area contributed by atoms with E-state index in [0.717, 1.165) is 16.3 Å². The number of thiazole rings is 1. The Balaban J connectivity index is 1.47. The lowest BCUT2D eigenvalue weighted by molar-refractivity contribution is -0.274. The molecule has 0 aliphatic heterocycles. The van der Waals surface area contributed by atoms with Crippen molar-refractivity contribution in [3.05, 3.63) is 95.5 Å². The highest BCUT2D eigenvalue weighted by Gasteiger charge is 2.31. The number of rotatable bonds is 9. The van der Waals surface area contributed by atoms with Crippen LogP contribution in [-0.4, -0.2) is 29.0 Å². The number of benzene rings is 4. The molecule has 0 aliphatic rings. The maximum atomic E-state index is 12.9. The summed E-state index contributed by atoms with van der Waals surface area (Å²) in [5.41, 5.74) is 2.67. The van der Waals surface area contributed by atoms with E-state index < -0.39 is 18.9 Å². The van der Waals surface area contributed by atoms with E-state index in [4.69, 9.17) is 19.6 Å². The van der Waals surface area contributed by atoms with Crippen LogP contribution in [0.3, 0.4) is 0 Å². The van der Waals surface area contributed by atoms with Gasteiger partial charge in [0.1, 0.15) is 28.9 Å². The molecule has 0 bridgehead atoms. The molecule has 0 unspecified atom stereocenters. The molecule has 10 heteroatoms. The summed E-state index contributed by atoms with van der Waals surface area (Å²) in [7, 11) is 0. The number of halogens is 3. The predicted molar refractivity (Wildman–Crippen MR) is 146 cm³/mol. The van der Waals surface area contributed by atoms with Crippen LogP contribution in [0.5, 0.6) is 17.2 Å². The zero-order valence-corrected chi connectivity index (χ0v) is 21.9. The molecule has 0 aliphatic carbocycles. The van der Waals surface area contributed by atoms with E-state index in [0.29, 0.717) is 38.2 Å². The van der Waals surface area contributed by atoms with Gasteiger partial charge in [0.05, 0.1) is 10.6 Å². The van der Waals surface area contributed by atoms with Gasteiger partial charge in [-0.25, -0.2) is 9.78 Å². The fourth-order valence-corrected chi connectivity index (χ4v) is 5.14. The highest BCUT2D eigenvalue weighted by atomic mass is 32.1. The van der Waals surface area contributed by atoms with Gasteiger partial charge in [-0.05, 0) is 65.2 Å². The van der Waals surface area contributed by atoms with Crippen LogP contribution in [0.25, 0.3) is 32.5 Å². The largest absolute Gasteiger partial charge is 0.573 e. The Morgan fingerprint density at radius 3 is 2.42 bits per heavy atom. The van der Waals surface area contributed by atoms with Crippen LogP contribution in [0.15, 0.2) is 84.9 Å². The topological polar surface area (TPSA) is 77.9 Å². The molecule has 1 aromatic heterocycles. The minimum atomic E-state index is -4.81. The fourth-order valence-electron chi connectivity index (χ4n) is 4.15. The van der Waals surface area contributed by atoms with Crippen molar-refractivity contribution in [1.29, 1.82) is 0 Å². The van der Waals surface area contributed by atoms with E-state index in [9.17, 15) is 18.0 Å². The number of fused-ring (bicyclic) bond motifs is 1. The van der Waals surface area contributed by atoms with Crippen LogP contribution >= 0.6 is 11.3 Å². The van der Waals surface area contributed by atoms with Gasteiger partial charge in [0.2, 0.25) is 0 Å². The molecule has 40 heavy (non-hydrogen) atoms. The van der Waals surface area contributed by atoms with E-state index in [2.05, 4.69) is 4.74 Å². The zero-order chi connectivity index (χ0) is 28.3. The van der Waals surface area contributed by atoms with Crippen molar-refractivity contribution >= 4 is 28.1 Å². The average molecular weight is 566 g/mol. The zero-order valence-electron chi connectivity index (χ0n) is 21.1. The average Bonchev–Trinajstić information content (AvgIpc) is 3.35. The maximum Gasteiger partial charge on any atom is 0.573 e. The molecular weight excluding hydrogens is 543 g/mol. The lowest BCUT2D eigenvalue weighted by atomic mass is 10.0. The predicted octanol–water partition coefficient (Wildman–Crippen LogP) is 7.88. The number of aryl methyl sites for hydroxylation is 1. The molecule has 0 fully saturated rings. The third-order valence-corrected chi connectivity index (χ3v) is 6.96. The first-order chi connectivity index (χ1) is 19.1. The molecule has 0 atom stereocenters. The molecule has 5 aromatic rings. The number of carbonyl (C=O) groups is 1. The molecule has 1 N–H and O–H groups in total. The monoisotopic (exact) mass is 565 g/mol. The van der Waals surface area contributed by atoms with Gasteiger partial charge < -0.3 is 19.3 Å². The number of ether oxygens (including phenoxy) is 3. The van der Waals surface area contributed by atoms with Gasteiger partial charge in [-0.3, -0.25) is 0 Å². The molecule has 0 radical (unpaired) electrons. The van der Waals surface area contributed by atoms with Gasteiger partial charge in [-0.1, -0.05) is 48.5 Å². The third-order valence-electron chi connectivity index (χ3n) is 5.88. The Morgan fingerprint density at radius 2 is 1.68 bits per heavy atom. The molecule has 0 spiro atoms. The number of nitrogens with zero attached hydrogens (tertiary/aromatic N) is 1. The van der Waals surface area contributed by atoms with Crippen molar-refractivity contribution in [1.82, 2.24) is 4.98 Å². The van der Waals surface area contributed by atoms with E-state index in [-0.39, 0.29) is 12.4 Å². The summed E-state index contributed by atoms with van der Waals surface area (Å²) in [4.78, 5) is 16.3. The standard InChI is InChI=1S/C30H22F3NO5S/c1-18-13-23(11-12-25(18)38-17-27(35)36)37-16-26-34-28(21-10-9-19-5-2-3-6-20(19)14-21)29(40-26)22-7-4-8-24(15-22)39-30(31,32)33/h2-15H,16-17H2,1H3,(H,35,36). The van der Waals surface area contributed by atoms with Crippen LogP contribution in [-0.2, 0) is 11.4 Å². The number of carboxylic acid groups (broad SMARTS) is 1. The Labute approximate surface area is 231 Å². The summed E-state index contributed by atoms with van der Waals surface area (Å²) >= 11 is 1.31. The number of aliphatic carboxylic acids is 1. The van der Waals surface area contributed by atoms with Crippen molar-refractivity contribution in [2.75, 3.05) is 6.61 Å². The Hall–Kier alpha value is -4.57. The lowest BCUT2D eigenvalue weighted by Crippen LogP contribution is -2.17. The first-order valence-electron chi connectivity index (χ1n) is 12.1. The molecule has 0 amide bonds. The molecular formula is C30H22F3NO5S. The Morgan fingerprint density at radius 1 is 0.875 bits per heavy atom. The van der Waals surface area contributed by atoms with Crippen molar-refractivity contribution in [3.63, 3.8) is 0 Å². The van der Waals surface area contributed by atoms with Crippen molar-refractivity contribution in [2.24, 2.45) is 0 Å². The minimum absolute atomic E-state index is 0.110. The first-order valence-corrected chi connectivity index (χ1v) is 12.9. The summed E-state index contributed by atoms with van der Waals surface area (Å²) in [5.74, 6) is -0.422. The molecule has 0 saturated heterocycles. The van der Waals surface area contributed by atoms with Gasteiger partial charge in [0.25, 0.3) is 0 Å². The highest BCUT2D eigenvalue weighted by Crippen LogP contribution is 2.40. The summed E-state index contributed by atoms with van der Waals surface area (Å²) in [5, 5.41) is 11.5. The normalized spacial score (nSPS) is 11.4. The van der Waals surface area contributed by atoms with Crippen molar-refractivity contribution in [3.8, 4) is 38.9 Å². The summed E-state index contributed by atoms with van der Waals surface area (Å²) in [6, 6.07) is 24.6. The van der Waals surface area contributed by atoms with Crippen LogP contribution in [0.1, 0.15) is 10.6 Å². The van der Waals surface area contributed by atoms with E-state index in [1.165, 1.54) is 29.5 Å². The second-order valence-electron chi connectivity index (χ2n) is 8.82. The Kier molecular flexibility index (Phi) is 7.61. The van der Waals surface area contributed by atoms with Crippen LogP contribution in [0.2, 0.25) is 0 Å². The molecule has 5 rings (SSSR count). The van der Waals surface area contributed by atoms with Gasteiger partial charge in [0, 0.05) is 5.56 Å². The van der Waals surface area contributed by atoms with Crippen LogP contribution in [0.4, 0.5) is 13.2 Å². The number of alkyl halides is 3. The summed E-state index contributed by atoms with van der Waals surface area (Å²) in [6.45, 7) is 1.44. The molecule has 4 aromatic carbocycles. The van der Waals surface area contributed by atoms with E-state index >= 15 is 0 Å². The van der Waals surface area contributed by atoms with E-state index in [1.807, 2.05) is 42.5 Å². The fraction of sp³-hybridized carbons (Fsp3) is 0.133. The van der Waals surface area contributed by atoms with Gasteiger partial charge in [-0.2, -0.15) is 0 Å². The maximum absolute atomic E-state index is 12.9. The SMILES string of the molecule is Cc1cc(OCc2nc(-c3ccc4ccccc4c3)c(-c3cccc(OC(F)(F)F)c3)s2)ccc1OCC(=O)O. The van der Waals surface area contributed by atoms with Gasteiger partial charge >= 0.3 is 12.3 Å². The number of aromatic nitrogens is 1.